The first-order chi connectivity index (χ1) is 8.17. The molecule has 1 aromatic rings. The van der Waals surface area contributed by atoms with Crippen LogP contribution in [0.25, 0.3) is 0 Å². The molecule has 1 aromatic carbocycles. The molecular weight excluding hydrogens is 284 g/mol. The van der Waals surface area contributed by atoms with Gasteiger partial charge >= 0.3 is 0 Å². The Morgan fingerprint density at radius 3 is 2.94 bits per heavy atom. The van der Waals surface area contributed by atoms with Gasteiger partial charge in [-0.25, -0.2) is 0 Å². The minimum atomic E-state index is 0.0116. The molecule has 0 spiro atoms. The van der Waals surface area contributed by atoms with Crippen molar-refractivity contribution in [3.05, 3.63) is 28.2 Å². The van der Waals surface area contributed by atoms with Crippen molar-refractivity contribution in [2.75, 3.05) is 13.7 Å². The monoisotopic (exact) mass is 300 g/mol. The Morgan fingerprint density at radius 2 is 2.29 bits per heavy atom. The number of rotatable bonds is 6. The van der Waals surface area contributed by atoms with E-state index >= 15 is 0 Å². The van der Waals surface area contributed by atoms with Gasteiger partial charge in [0.05, 0.1) is 7.11 Å². The molecule has 1 rings (SSSR count). The molecule has 4 nitrogen and oxygen atoms in total. The molecule has 0 radical (unpaired) electrons. The molecule has 0 saturated heterocycles. The van der Waals surface area contributed by atoms with Crippen LogP contribution in [0, 0.1) is 0 Å². The van der Waals surface area contributed by atoms with E-state index in [4.69, 9.17) is 10.5 Å². The third kappa shape index (κ3) is 4.75. The standard InChI is InChI=1S/C12H17BrN2O2/c1-17-11-5-4-10(13)7-9(11)8-15-12(16)3-2-6-14/h4-5,7H,2-3,6,8,14H2,1H3,(H,15,16). The SMILES string of the molecule is COc1ccc(Br)cc1CNC(=O)CCCN. The van der Waals surface area contributed by atoms with E-state index in [1.54, 1.807) is 7.11 Å². The Morgan fingerprint density at radius 1 is 1.53 bits per heavy atom. The summed E-state index contributed by atoms with van der Waals surface area (Å²) in [6, 6.07) is 5.70. The summed E-state index contributed by atoms with van der Waals surface area (Å²) >= 11 is 3.39. The van der Waals surface area contributed by atoms with Gasteiger partial charge in [0, 0.05) is 23.0 Å². The first-order valence-corrected chi connectivity index (χ1v) is 6.26. The van der Waals surface area contributed by atoms with Gasteiger partial charge in [-0.1, -0.05) is 15.9 Å². The van der Waals surface area contributed by atoms with Crippen molar-refractivity contribution in [3.63, 3.8) is 0 Å². The summed E-state index contributed by atoms with van der Waals surface area (Å²) in [6.45, 7) is 1.000. The predicted octanol–water partition coefficient (Wildman–Crippen LogP) is 1.81. The van der Waals surface area contributed by atoms with Crippen LogP contribution < -0.4 is 15.8 Å². The maximum atomic E-state index is 11.4. The molecule has 0 aliphatic heterocycles. The number of ether oxygens (including phenoxy) is 1. The van der Waals surface area contributed by atoms with Gasteiger partial charge in [0.1, 0.15) is 5.75 Å². The van der Waals surface area contributed by atoms with Crippen LogP contribution in [-0.2, 0) is 11.3 Å². The number of hydrogen-bond donors (Lipinski definition) is 2. The lowest BCUT2D eigenvalue weighted by Gasteiger charge is -2.10. The maximum absolute atomic E-state index is 11.4. The van der Waals surface area contributed by atoms with E-state index in [0.29, 0.717) is 25.9 Å². The van der Waals surface area contributed by atoms with E-state index in [1.165, 1.54) is 0 Å². The van der Waals surface area contributed by atoms with E-state index in [1.807, 2.05) is 18.2 Å². The molecule has 1 amide bonds. The van der Waals surface area contributed by atoms with Gasteiger partial charge in [-0.2, -0.15) is 0 Å². The van der Waals surface area contributed by atoms with E-state index in [0.717, 1.165) is 15.8 Å². The maximum Gasteiger partial charge on any atom is 0.220 e. The number of amides is 1. The number of carbonyl (C=O) groups is 1. The molecule has 0 unspecified atom stereocenters. The number of halogens is 1. The van der Waals surface area contributed by atoms with Crippen LogP contribution in [0.5, 0.6) is 5.75 Å². The lowest BCUT2D eigenvalue weighted by molar-refractivity contribution is -0.121. The van der Waals surface area contributed by atoms with Gasteiger partial charge in [-0.15, -0.1) is 0 Å². The Labute approximate surface area is 110 Å². The van der Waals surface area contributed by atoms with Gasteiger partial charge in [0.15, 0.2) is 0 Å². The van der Waals surface area contributed by atoms with Crippen molar-refractivity contribution in [1.29, 1.82) is 0 Å². The Balaban J connectivity index is 2.56. The van der Waals surface area contributed by atoms with Crippen molar-refractivity contribution in [2.45, 2.75) is 19.4 Å². The normalized spacial score (nSPS) is 10.1. The molecule has 0 heterocycles. The van der Waals surface area contributed by atoms with E-state index in [2.05, 4.69) is 21.2 Å². The second kappa shape index (κ2) is 7.29. The summed E-state index contributed by atoms with van der Waals surface area (Å²) in [5, 5.41) is 2.84. The van der Waals surface area contributed by atoms with Gasteiger partial charge in [-0.3, -0.25) is 4.79 Å². The first-order valence-electron chi connectivity index (χ1n) is 5.46. The number of benzene rings is 1. The van der Waals surface area contributed by atoms with Crippen molar-refractivity contribution in [2.24, 2.45) is 5.73 Å². The third-order valence-corrected chi connectivity index (χ3v) is 2.82. The van der Waals surface area contributed by atoms with Crippen molar-refractivity contribution in [3.8, 4) is 5.75 Å². The lowest BCUT2D eigenvalue weighted by Crippen LogP contribution is -2.23. The van der Waals surface area contributed by atoms with Gasteiger partial charge in [-0.05, 0) is 31.2 Å². The first kappa shape index (κ1) is 14.0. The van der Waals surface area contributed by atoms with E-state index in [9.17, 15) is 4.79 Å². The molecule has 5 heteroatoms. The number of hydrogen-bond acceptors (Lipinski definition) is 3. The molecule has 0 fully saturated rings. The molecule has 0 atom stereocenters. The smallest absolute Gasteiger partial charge is 0.220 e. The fraction of sp³-hybridized carbons (Fsp3) is 0.417. The van der Waals surface area contributed by atoms with Crippen LogP contribution in [0.3, 0.4) is 0 Å². The van der Waals surface area contributed by atoms with Crippen molar-refractivity contribution in [1.82, 2.24) is 5.32 Å². The molecule has 94 valence electrons. The summed E-state index contributed by atoms with van der Waals surface area (Å²) in [6.07, 6.45) is 1.17. The van der Waals surface area contributed by atoms with E-state index in [-0.39, 0.29) is 5.91 Å². The minimum Gasteiger partial charge on any atom is -0.496 e. The Hall–Kier alpha value is -1.07. The largest absolute Gasteiger partial charge is 0.496 e. The topological polar surface area (TPSA) is 64.3 Å². The Kier molecular flexibility index (Phi) is 6.00. The summed E-state index contributed by atoms with van der Waals surface area (Å²) in [5.41, 5.74) is 6.29. The highest BCUT2D eigenvalue weighted by Gasteiger charge is 2.05. The molecular formula is C12H17BrN2O2. The summed E-state index contributed by atoms with van der Waals surface area (Å²) in [5.74, 6) is 0.782. The van der Waals surface area contributed by atoms with Gasteiger partial charge in [0.2, 0.25) is 5.91 Å². The zero-order chi connectivity index (χ0) is 12.7. The quantitative estimate of drug-likeness (QED) is 0.842. The second-order valence-corrected chi connectivity index (χ2v) is 4.54. The predicted molar refractivity (Wildman–Crippen MR) is 70.8 cm³/mol. The fourth-order valence-electron chi connectivity index (χ4n) is 1.43. The molecule has 0 aliphatic carbocycles. The number of carbonyl (C=O) groups excluding carboxylic acids is 1. The fourth-order valence-corrected chi connectivity index (χ4v) is 1.84. The summed E-state index contributed by atoms with van der Waals surface area (Å²) in [4.78, 5) is 11.4. The zero-order valence-electron chi connectivity index (χ0n) is 9.83. The second-order valence-electron chi connectivity index (χ2n) is 3.63. The van der Waals surface area contributed by atoms with Gasteiger partial charge < -0.3 is 15.8 Å². The molecule has 17 heavy (non-hydrogen) atoms. The average molecular weight is 301 g/mol. The van der Waals surface area contributed by atoms with E-state index < -0.39 is 0 Å². The number of methoxy groups -OCH3 is 1. The van der Waals surface area contributed by atoms with Crippen LogP contribution >= 0.6 is 15.9 Å². The molecule has 3 N–H and O–H groups in total. The number of nitrogens with two attached hydrogens (primary N) is 1. The highest BCUT2D eigenvalue weighted by molar-refractivity contribution is 9.10. The third-order valence-electron chi connectivity index (χ3n) is 2.33. The highest BCUT2D eigenvalue weighted by atomic mass is 79.9. The highest BCUT2D eigenvalue weighted by Crippen LogP contribution is 2.22. The molecule has 0 bridgehead atoms. The van der Waals surface area contributed by atoms with Gasteiger partial charge in [0.25, 0.3) is 0 Å². The summed E-state index contributed by atoms with van der Waals surface area (Å²) < 4.78 is 6.18. The average Bonchev–Trinajstić information content (AvgIpc) is 2.34. The molecule has 0 aliphatic rings. The zero-order valence-corrected chi connectivity index (χ0v) is 11.4. The van der Waals surface area contributed by atoms with Crippen LogP contribution in [0.1, 0.15) is 18.4 Å². The van der Waals surface area contributed by atoms with Crippen LogP contribution in [0.2, 0.25) is 0 Å². The Bertz CT molecular complexity index is 383. The summed E-state index contributed by atoms with van der Waals surface area (Å²) in [7, 11) is 1.61. The van der Waals surface area contributed by atoms with Crippen LogP contribution in [-0.4, -0.2) is 19.6 Å². The van der Waals surface area contributed by atoms with Crippen molar-refractivity contribution >= 4 is 21.8 Å². The minimum absolute atomic E-state index is 0.0116. The lowest BCUT2D eigenvalue weighted by atomic mass is 10.2. The molecule has 0 aromatic heterocycles. The molecule has 0 saturated carbocycles. The van der Waals surface area contributed by atoms with Crippen LogP contribution in [0.15, 0.2) is 22.7 Å². The van der Waals surface area contributed by atoms with Crippen LogP contribution in [0.4, 0.5) is 0 Å². The van der Waals surface area contributed by atoms with Crippen molar-refractivity contribution < 1.29 is 9.53 Å². The number of nitrogens with one attached hydrogen (secondary N) is 1.